The zero-order valence-electron chi connectivity index (χ0n) is 8.34. The van der Waals surface area contributed by atoms with Crippen molar-refractivity contribution in [3.8, 4) is 11.1 Å². The largest absolute Gasteiger partial charge is 0.278 e. The van der Waals surface area contributed by atoms with E-state index in [0.717, 1.165) is 11.1 Å². The van der Waals surface area contributed by atoms with E-state index in [-0.39, 0.29) is 0 Å². The predicted octanol–water partition coefficient (Wildman–Crippen LogP) is 2.47. The Morgan fingerprint density at radius 3 is 2.31 bits per heavy atom. The molecule has 1 aliphatic heterocycles. The Balaban J connectivity index is 2.29. The molecule has 16 heavy (non-hydrogen) atoms. The van der Waals surface area contributed by atoms with Crippen molar-refractivity contribution >= 4 is 15.7 Å². The Labute approximate surface area is 93.8 Å². The maximum Gasteiger partial charge on any atom is 0.264 e. The third kappa shape index (κ3) is 1.23. The summed E-state index contributed by atoms with van der Waals surface area (Å²) in [6.45, 7) is 0. The summed E-state index contributed by atoms with van der Waals surface area (Å²) in [6.07, 6.45) is 0. The van der Waals surface area contributed by atoms with E-state index in [1.54, 1.807) is 6.07 Å². The first-order chi connectivity index (χ1) is 7.68. The van der Waals surface area contributed by atoms with E-state index in [2.05, 4.69) is 4.72 Å². The molecule has 0 atom stereocenters. The van der Waals surface area contributed by atoms with Crippen molar-refractivity contribution in [1.82, 2.24) is 0 Å². The van der Waals surface area contributed by atoms with Crippen LogP contribution in [0.2, 0.25) is 0 Å². The molecular weight excluding hydrogens is 222 g/mol. The highest BCUT2D eigenvalue weighted by Crippen LogP contribution is 2.40. The van der Waals surface area contributed by atoms with Crippen LogP contribution in [0.4, 0.5) is 5.69 Å². The van der Waals surface area contributed by atoms with Crippen LogP contribution in [0.3, 0.4) is 0 Å². The van der Waals surface area contributed by atoms with E-state index < -0.39 is 10.0 Å². The van der Waals surface area contributed by atoms with E-state index in [9.17, 15) is 8.42 Å². The first-order valence-corrected chi connectivity index (χ1v) is 6.38. The van der Waals surface area contributed by atoms with Gasteiger partial charge in [0.1, 0.15) is 4.90 Å². The van der Waals surface area contributed by atoms with Gasteiger partial charge in [0.05, 0.1) is 5.69 Å². The lowest BCUT2D eigenvalue weighted by Gasteiger charge is -2.24. The SMILES string of the molecule is O=S1(=O)Nc2cccc(-c3ccccc3)c21. The molecule has 0 spiro atoms. The van der Waals surface area contributed by atoms with Gasteiger partial charge in [0, 0.05) is 5.56 Å². The molecule has 2 aromatic carbocycles. The van der Waals surface area contributed by atoms with Crippen LogP contribution in [0, 0.1) is 0 Å². The average Bonchev–Trinajstić information content (AvgIpc) is 2.28. The highest BCUT2D eigenvalue weighted by Gasteiger charge is 2.32. The molecule has 0 radical (unpaired) electrons. The second kappa shape index (κ2) is 3.09. The molecule has 2 aromatic rings. The molecule has 0 fully saturated rings. The summed E-state index contributed by atoms with van der Waals surface area (Å²) in [7, 11) is -3.27. The van der Waals surface area contributed by atoms with Crippen molar-refractivity contribution in [3.05, 3.63) is 48.5 Å². The van der Waals surface area contributed by atoms with Crippen LogP contribution in [-0.4, -0.2) is 8.42 Å². The van der Waals surface area contributed by atoms with Crippen LogP contribution in [0.1, 0.15) is 0 Å². The van der Waals surface area contributed by atoms with Gasteiger partial charge in [-0.1, -0.05) is 42.5 Å². The number of hydrogen-bond donors (Lipinski definition) is 1. The standard InChI is InChI=1S/C12H9NO2S/c14-16(15)12-10(7-4-8-11(12)13-16)9-5-2-1-3-6-9/h1-8,13H. The first kappa shape index (κ1) is 9.42. The van der Waals surface area contributed by atoms with Gasteiger partial charge in [0.2, 0.25) is 0 Å². The van der Waals surface area contributed by atoms with Gasteiger partial charge in [-0.15, -0.1) is 0 Å². The van der Waals surface area contributed by atoms with Crippen LogP contribution in [-0.2, 0) is 10.0 Å². The number of hydrogen-bond acceptors (Lipinski definition) is 2. The summed E-state index contributed by atoms with van der Waals surface area (Å²) in [5.74, 6) is 0. The zero-order valence-corrected chi connectivity index (χ0v) is 9.16. The Hall–Kier alpha value is -1.81. The summed E-state index contributed by atoms with van der Waals surface area (Å²) in [6, 6.07) is 15.0. The number of rotatable bonds is 1. The summed E-state index contributed by atoms with van der Waals surface area (Å²) in [5.41, 5.74) is 2.36. The van der Waals surface area contributed by atoms with Crippen molar-refractivity contribution in [2.75, 3.05) is 4.72 Å². The van der Waals surface area contributed by atoms with Gasteiger partial charge in [-0.25, -0.2) is 8.42 Å². The van der Waals surface area contributed by atoms with E-state index >= 15 is 0 Å². The third-order valence-corrected chi connectivity index (χ3v) is 4.08. The number of sulfonamides is 1. The minimum Gasteiger partial charge on any atom is -0.278 e. The van der Waals surface area contributed by atoms with Crippen molar-refractivity contribution in [2.24, 2.45) is 0 Å². The topological polar surface area (TPSA) is 46.2 Å². The molecule has 0 unspecified atom stereocenters. The molecular formula is C12H9NO2S. The molecule has 80 valence electrons. The van der Waals surface area contributed by atoms with Crippen molar-refractivity contribution in [2.45, 2.75) is 4.90 Å². The maximum absolute atomic E-state index is 11.6. The maximum atomic E-state index is 11.6. The molecule has 1 heterocycles. The predicted molar refractivity (Wildman–Crippen MR) is 62.7 cm³/mol. The molecule has 0 saturated carbocycles. The molecule has 0 aliphatic carbocycles. The summed E-state index contributed by atoms with van der Waals surface area (Å²) in [5, 5.41) is 0. The fraction of sp³-hybridized carbons (Fsp3) is 0. The van der Waals surface area contributed by atoms with Crippen molar-refractivity contribution in [1.29, 1.82) is 0 Å². The smallest absolute Gasteiger partial charge is 0.264 e. The highest BCUT2D eigenvalue weighted by molar-refractivity contribution is 7.94. The molecule has 0 amide bonds. The Morgan fingerprint density at radius 2 is 1.62 bits per heavy atom. The normalized spacial score (nSPS) is 15.8. The third-order valence-electron chi connectivity index (χ3n) is 2.61. The van der Waals surface area contributed by atoms with Gasteiger partial charge in [0.25, 0.3) is 10.0 Å². The van der Waals surface area contributed by atoms with Crippen LogP contribution in [0.25, 0.3) is 11.1 Å². The Kier molecular flexibility index (Phi) is 1.82. The lowest BCUT2D eigenvalue weighted by Crippen LogP contribution is -2.25. The van der Waals surface area contributed by atoms with Gasteiger partial charge in [0.15, 0.2) is 0 Å². The summed E-state index contributed by atoms with van der Waals surface area (Å²) >= 11 is 0. The molecule has 0 aromatic heterocycles. The van der Waals surface area contributed by atoms with Crippen molar-refractivity contribution in [3.63, 3.8) is 0 Å². The van der Waals surface area contributed by atoms with Crippen LogP contribution < -0.4 is 4.72 Å². The van der Waals surface area contributed by atoms with Crippen LogP contribution in [0.5, 0.6) is 0 Å². The molecule has 3 rings (SSSR count). The molecule has 0 bridgehead atoms. The van der Waals surface area contributed by atoms with E-state index in [4.69, 9.17) is 0 Å². The highest BCUT2D eigenvalue weighted by atomic mass is 32.2. The summed E-state index contributed by atoms with van der Waals surface area (Å²) in [4.78, 5) is 0.404. The average molecular weight is 231 g/mol. The molecule has 4 heteroatoms. The van der Waals surface area contributed by atoms with Gasteiger partial charge in [-0.05, 0) is 11.6 Å². The van der Waals surface area contributed by atoms with Crippen LogP contribution >= 0.6 is 0 Å². The molecule has 1 N–H and O–H groups in total. The van der Waals surface area contributed by atoms with Gasteiger partial charge < -0.3 is 0 Å². The lowest BCUT2D eigenvalue weighted by atomic mass is 10.1. The lowest BCUT2D eigenvalue weighted by molar-refractivity contribution is 0.597. The van der Waals surface area contributed by atoms with E-state index in [0.29, 0.717) is 10.6 Å². The number of nitrogens with one attached hydrogen (secondary N) is 1. The molecule has 3 nitrogen and oxygen atoms in total. The van der Waals surface area contributed by atoms with E-state index in [1.165, 1.54) is 0 Å². The quantitative estimate of drug-likeness (QED) is 0.819. The number of anilines is 1. The molecule has 1 aliphatic rings. The minimum absolute atomic E-state index is 0.404. The van der Waals surface area contributed by atoms with E-state index in [1.807, 2.05) is 42.5 Å². The second-order valence-corrected chi connectivity index (χ2v) is 5.27. The van der Waals surface area contributed by atoms with Crippen molar-refractivity contribution < 1.29 is 8.42 Å². The van der Waals surface area contributed by atoms with Gasteiger partial charge >= 0.3 is 0 Å². The summed E-state index contributed by atoms with van der Waals surface area (Å²) < 4.78 is 25.6. The Bertz CT molecular complexity index is 648. The Morgan fingerprint density at radius 1 is 0.875 bits per heavy atom. The second-order valence-electron chi connectivity index (χ2n) is 3.65. The van der Waals surface area contributed by atoms with Gasteiger partial charge in [-0.3, -0.25) is 4.72 Å². The minimum atomic E-state index is -3.27. The van der Waals surface area contributed by atoms with Crippen LogP contribution in [0.15, 0.2) is 53.4 Å². The number of benzene rings is 2. The monoisotopic (exact) mass is 231 g/mol. The fourth-order valence-corrected chi connectivity index (χ4v) is 3.19. The molecule has 0 saturated heterocycles. The zero-order chi connectivity index (χ0) is 11.2. The fourth-order valence-electron chi connectivity index (χ4n) is 1.90. The number of fused-ring (bicyclic) bond motifs is 1. The first-order valence-electron chi connectivity index (χ1n) is 4.90. The van der Waals surface area contributed by atoms with Gasteiger partial charge in [-0.2, -0.15) is 0 Å².